The van der Waals surface area contributed by atoms with Gasteiger partial charge in [0.05, 0.1) is 11.6 Å². The summed E-state index contributed by atoms with van der Waals surface area (Å²) in [6.45, 7) is 9.36. The molecule has 0 radical (unpaired) electrons. The fourth-order valence-electron chi connectivity index (χ4n) is 4.33. The van der Waals surface area contributed by atoms with Crippen LogP contribution in [0.5, 0.6) is 0 Å². The number of nitrogens with zero attached hydrogens (tertiary/aromatic N) is 3. The summed E-state index contributed by atoms with van der Waals surface area (Å²) in [5, 5.41) is 3.86. The summed E-state index contributed by atoms with van der Waals surface area (Å²) in [5.41, 5.74) is 4.36. The van der Waals surface area contributed by atoms with E-state index < -0.39 is 10.0 Å². The van der Waals surface area contributed by atoms with E-state index in [0.717, 1.165) is 27.8 Å². The molecule has 0 spiro atoms. The van der Waals surface area contributed by atoms with Crippen LogP contribution < -0.4 is 5.32 Å². The zero-order valence-corrected chi connectivity index (χ0v) is 20.3. The van der Waals surface area contributed by atoms with Crippen molar-refractivity contribution in [1.29, 1.82) is 0 Å². The van der Waals surface area contributed by atoms with Crippen molar-refractivity contribution in [3.63, 3.8) is 0 Å². The molecule has 1 atom stereocenters. The van der Waals surface area contributed by atoms with Crippen LogP contribution in [0.25, 0.3) is 10.9 Å². The summed E-state index contributed by atoms with van der Waals surface area (Å²) >= 11 is 0. The summed E-state index contributed by atoms with van der Waals surface area (Å²) < 4.78 is 28.3. The number of carbonyl (C=O) groups is 1. The highest BCUT2D eigenvalue weighted by molar-refractivity contribution is 7.89. The van der Waals surface area contributed by atoms with E-state index in [1.54, 1.807) is 18.3 Å². The second-order valence-electron chi connectivity index (χ2n) is 8.71. The molecule has 1 N–H and O–H groups in total. The third-order valence-electron chi connectivity index (χ3n) is 6.36. The Labute approximate surface area is 195 Å². The largest absolute Gasteiger partial charge is 0.324 e. The molecule has 1 aliphatic rings. The molecule has 174 valence electrons. The second-order valence-corrected chi connectivity index (χ2v) is 10.6. The Kier molecular flexibility index (Phi) is 6.52. The Hall–Kier alpha value is -2.81. The van der Waals surface area contributed by atoms with Gasteiger partial charge in [0, 0.05) is 43.4 Å². The van der Waals surface area contributed by atoms with E-state index in [4.69, 9.17) is 0 Å². The van der Waals surface area contributed by atoms with Crippen molar-refractivity contribution in [2.24, 2.45) is 0 Å². The van der Waals surface area contributed by atoms with Crippen molar-refractivity contribution in [2.75, 3.05) is 31.5 Å². The van der Waals surface area contributed by atoms with E-state index in [9.17, 15) is 13.2 Å². The Morgan fingerprint density at radius 3 is 2.30 bits per heavy atom. The Morgan fingerprint density at radius 1 is 1.00 bits per heavy atom. The first-order valence-electron chi connectivity index (χ1n) is 11.1. The van der Waals surface area contributed by atoms with Gasteiger partial charge in [-0.05, 0) is 56.5 Å². The number of piperazine rings is 1. The number of aromatic nitrogens is 1. The minimum atomic E-state index is -3.69. The van der Waals surface area contributed by atoms with Crippen LogP contribution in [0.15, 0.2) is 53.6 Å². The number of anilines is 1. The molecule has 33 heavy (non-hydrogen) atoms. The van der Waals surface area contributed by atoms with Crippen molar-refractivity contribution < 1.29 is 13.2 Å². The standard InChI is InChI=1S/C25H30N4O3S/c1-17-15-21-9-6-10-22(24(21)26-16-17)33(31,32)29-13-11-28(12-14-29)20(4)25(30)27-23-18(2)7-5-8-19(23)3/h5-10,15-16,20H,11-14H2,1-4H3,(H,27,30). The monoisotopic (exact) mass is 466 g/mol. The molecule has 0 aliphatic carbocycles. The molecule has 1 saturated heterocycles. The van der Waals surface area contributed by atoms with Crippen LogP contribution in [0.3, 0.4) is 0 Å². The van der Waals surface area contributed by atoms with E-state index in [1.165, 1.54) is 4.31 Å². The third-order valence-corrected chi connectivity index (χ3v) is 8.29. The number of amides is 1. The molecule has 1 aliphatic heterocycles. The van der Waals surface area contributed by atoms with Crippen molar-refractivity contribution in [1.82, 2.24) is 14.2 Å². The lowest BCUT2D eigenvalue weighted by molar-refractivity contribution is -0.121. The average molecular weight is 467 g/mol. The molecule has 8 heteroatoms. The van der Waals surface area contributed by atoms with E-state index >= 15 is 0 Å². The van der Waals surface area contributed by atoms with Gasteiger partial charge in [-0.2, -0.15) is 4.31 Å². The van der Waals surface area contributed by atoms with Crippen LogP contribution in [0.1, 0.15) is 23.6 Å². The van der Waals surface area contributed by atoms with Crippen molar-refractivity contribution >= 4 is 32.5 Å². The number of nitrogens with one attached hydrogen (secondary N) is 1. The van der Waals surface area contributed by atoms with Gasteiger partial charge in [-0.15, -0.1) is 0 Å². The molecule has 3 aromatic rings. The zero-order chi connectivity index (χ0) is 23.8. The van der Waals surface area contributed by atoms with Gasteiger partial charge in [0.25, 0.3) is 0 Å². The Bertz CT molecular complexity index is 1280. The highest BCUT2D eigenvalue weighted by Crippen LogP contribution is 2.26. The maximum Gasteiger partial charge on any atom is 0.245 e. The molecular weight excluding hydrogens is 436 g/mol. The highest BCUT2D eigenvalue weighted by atomic mass is 32.2. The smallest absolute Gasteiger partial charge is 0.245 e. The summed E-state index contributed by atoms with van der Waals surface area (Å²) in [6.07, 6.45) is 1.69. The molecule has 2 aromatic carbocycles. The number of carbonyl (C=O) groups excluding carboxylic acids is 1. The van der Waals surface area contributed by atoms with Gasteiger partial charge >= 0.3 is 0 Å². The van der Waals surface area contributed by atoms with Gasteiger partial charge in [-0.1, -0.05) is 30.3 Å². The number of aryl methyl sites for hydroxylation is 3. The number of hydrogen-bond donors (Lipinski definition) is 1. The number of rotatable bonds is 5. The first-order valence-corrected chi connectivity index (χ1v) is 12.6. The van der Waals surface area contributed by atoms with Crippen molar-refractivity contribution in [3.05, 3.63) is 65.4 Å². The van der Waals surface area contributed by atoms with Gasteiger partial charge in [0.1, 0.15) is 4.90 Å². The van der Waals surface area contributed by atoms with Gasteiger partial charge in [-0.3, -0.25) is 14.7 Å². The van der Waals surface area contributed by atoms with Gasteiger partial charge < -0.3 is 5.32 Å². The first-order chi connectivity index (χ1) is 15.7. The predicted molar refractivity (Wildman–Crippen MR) is 131 cm³/mol. The van der Waals surface area contributed by atoms with Gasteiger partial charge in [-0.25, -0.2) is 8.42 Å². The maximum absolute atomic E-state index is 13.4. The van der Waals surface area contributed by atoms with E-state index in [1.807, 2.05) is 62.9 Å². The molecular formula is C25H30N4O3S. The van der Waals surface area contributed by atoms with Crippen LogP contribution in [-0.2, 0) is 14.8 Å². The van der Waals surface area contributed by atoms with E-state index in [0.29, 0.717) is 31.7 Å². The fourth-order valence-corrected chi connectivity index (χ4v) is 5.91. The third kappa shape index (κ3) is 4.64. The molecule has 1 unspecified atom stereocenters. The van der Waals surface area contributed by atoms with Crippen LogP contribution in [0, 0.1) is 20.8 Å². The molecule has 0 saturated carbocycles. The fraction of sp³-hybridized carbons (Fsp3) is 0.360. The minimum Gasteiger partial charge on any atom is -0.324 e. The number of benzene rings is 2. The SMILES string of the molecule is Cc1cnc2c(S(=O)(=O)N3CCN(C(C)C(=O)Nc4c(C)cccc4C)CC3)cccc2c1. The summed E-state index contributed by atoms with van der Waals surface area (Å²) in [7, 11) is -3.69. The number of hydrogen-bond acceptors (Lipinski definition) is 5. The highest BCUT2D eigenvalue weighted by Gasteiger charge is 2.33. The van der Waals surface area contributed by atoms with Crippen LogP contribution in [-0.4, -0.2) is 60.7 Å². The molecule has 1 fully saturated rings. The molecule has 4 rings (SSSR count). The van der Waals surface area contributed by atoms with Crippen LogP contribution >= 0.6 is 0 Å². The van der Waals surface area contributed by atoms with Crippen LogP contribution in [0.2, 0.25) is 0 Å². The molecule has 2 heterocycles. The minimum absolute atomic E-state index is 0.0858. The number of para-hydroxylation sites is 2. The quantitative estimate of drug-likeness (QED) is 0.622. The molecule has 7 nitrogen and oxygen atoms in total. The summed E-state index contributed by atoms with van der Waals surface area (Å²) in [6, 6.07) is 12.7. The number of fused-ring (bicyclic) bond motifs is 1. The Balaban J connectivity index is 1.46. The van der Waals surface area contributed by atoms with Crippen molar-refractivity contribution in [3.8, 4) is 0 Å². The lowest BCUT2D eigenvalue weighted by atomic mass is 10.1. The Morgan fingerprint density at radius 2 is 1.64 bits per heavy atom. The lowest BCUT2D eigenvalue weighted by Gasteiger charge is -2.36. The lowest BCUT2D eigenvalue weighted by Crippen LogP contribution is -2.54. The van der Waals surface area contributed by atoms with Gasteiger partial charge in [0.15, 0.2) is 0 Å². The molecule has 1 aromatic heterocycles. The normalized spacial score (nSPS) is 16.6. The van der Waals surface area contributed by atoms with Crippen LogP contribution in [0.4, 0.5) is 5.69 Å². The molecule has 1 amide bonds. The average Bonchev–Trinajstić information content (AvgIpc) is 2.80. The number of sulfonamides is 1. The zero-order valence-electron chi connectivity index (χ0n) is 19.5. The topological polar surface area (TPSA) is 82.6 Å². The first kappa shape index (κ1) is 23.4. The maximum atomic E-state index is 13.4. The predicted octanol–water partition coefficient (Wildman–Crippen LogP) is 3.49. The summed E-state index contributed by atoms with van der Waals surface area (Å²) in [5.74, 6) is -0.0858. The molecule has 0 bridgehead atoms. The summed E-state index contributed by atoms with van der Waals surface area (Å²) in [4.78, 5) is 19.5. The second kappa shape index (κ2) is 9.21. The van der Waals surface area contributed by atoms with E-state index in [-0.39, 0.29) is 16.8 Å². The van der Waals surface area contributed by atoms with Gasteiger partial charge in [0.2, 0.25) is 15.9 Å². The number of pyridine rings is 1. The van der Waals surface area contributed by atoms with E-state index in [2.05, 4.69) is 10.3 Å². The van der Waals surface area contributed by atoms with Crippen molar-refractivity contribution in [2.45, 2.75) is 38.6 Å².